The first-order chi connectivity index (χ1) is 9.76. The molecule has 0 saturated carbocycles. The molecule has 0 fully saturated rings. The van der Waals surface area contributed by atoms with E-state index in [4.69, 9.17) is 9.73 Å². The number of rotatable bonds is 2. The summed E-state index contributed by atoms with van der Waals surface area (Å²) in [4.78, 5) is 4.72. The minimum Gasteiger partial charge on any atom is -0.508 e. The lowest BCUT2D eigenvalue weighted by Gasteiger charge is -2.18. The van der Waals surface area contributed by atoms with Crippen LogP contribution in [0.15, 0.2) is 47.5 Å². The fraction of sp³-hybridized carbons (Fsp3) is 0.235. The van der Waals surface area contributed by atoms with E-state index in [0.717, 1.165) is 36.4 Å². The van der Waals surface area contributed by atoms with Gasteiger partial charge in [-0.15, -0.1) is 0 Å². The molecule has 1 aliphatic rings. The van der Waals surface area contributed by atoms with E-state index in [2.05, 4.69) is 12.1 Å². The summed E-state index contributed by atoms with van der Waals surface area (Å²) in [5.41, 5.74) is 4.50. The molecule has 2 aromatic carbocycles. The number of hydrogen-bond acceptors (Lipinski definition) is 3. The number of methoxy groups -OCH3 is 1. The largest absolute Gasteiger partial charge is 0.508 e. The maximum absolute atomic E-state index is 9.32. The van der Waals surface area contributed by atoms with E-state index >= 15 is 0 Å². The molecule has 1 N–H and O–H groups in total. The predicted molar refractivity (Wildman–Crippen MR) is 80.2 cm³/mol. The Kier molecular flexibility index (Phi) is 3.42. The van der Waals surface area contributed by atoms with Gasteiger partial charge in [0, 0.05) is 5.71 Å². The predicted octanol–water partition coefficient (Wildman–Crippen LogP) is 3.86. The molecule has 102 valence electrons. The normalized spacial score (nSPS) is 15.9. The molecule has 0 aromatic heterocycles. The molecule has 3 heteroatoms. The van der Waals surface area contributed by atoms with E-state index in [0.29, 0.717) is 0 Å². The van der Waals surface area contributed by atoms with Gasteiger partial charge in [0.25, 0.3) is 0 Å². The van der Waals surface area contributed by atoms with Crippen molar-refractivity contribution in [2.75, 3.05) is 7.11 Å². The van der Waals surface area contributed by atoms with E-state index in [-0.39, 0.29) is 5.75 Å². The van der Waals surface area contributed by atoms with Crippen molar-refractivity contribution in [3.05, 3.63) is 53.6 Å². The van der Waals surface area contributed by atoms with Crippen molar-refractivity contribution in [2.24, 2.45) is 4.99 Å². The summed E-state index contributed by atoms with van der Waals surface area (Å²) in [5.74, 6) is 1.16. The van der Waals surface area contributed by atoms with Gasteiger partial charge in [-0.3, -0.25) is 4.99 Å². The third-order valence-corrected chi connectivity index (χ3v) is 3.60. The van der Waals surface area contributed by atoms with Gasteiger partial charge in [-0.1, -0.05) is 0 Å². The molecule has 3 nitrogen and oxygen atoms in total. The number of aryl methyl sites for hydroxylation is 1. The number of nitrogens with zero attached hydrogens (tertiary/aromatic N) is 1. The number of ether oxygens (including phenoxy) is 1. The highest BCUT2D eigenvalue weighted by Gasteiger charge is 2.16. The zero-order chi connectivity index (χ0) is 13.9. The second-order valence-electron chi connectivity index (χ2n) is 4.95. The zero-order valence-corrected chi connectivity index (χ0v) is 11.5. The fourth-order valence-corrected chi connectivity index (χ4v) is 2.57. The Morgan fingerprint density at radius 3 is 2.60 bits per heavy atom. The summed E-state index contributed by atoms with van der Waals surface area (Å²) in [6, 6.07) is 13.2. The Balaban J connectivity index is 1.99. The maximum Gasteiger partial charge on any atom is 0.119 e. The van der Waals surface area contributed by atoms with Gasteiger partial charge in [0.1, 0.15) is 11.5 Å². The number of phenols is 1. The topological polar surface area (TPSA) is 41.8 Å². The third-order valence-electron chi connectivity index (χ3n) is 3.60. The van der Waals surface area contributed by atoms with E-state index in [1.54, 1.807) is 19.2 Å². The van der Waals surface area contributed by atoms with Gasteiger partial charge in [-0.2, -0.15) is 0 Å². The molecule has 0 bridgehead atoms. The number of aromatic hydroxyl groups is 1. The van der Waals surface area contributed by atoms with Gasteiger partial charge in [0.15, 0.2) is 0 Å². The highest BCUT2D eigenvalue weighted by Crippen LogP contribution is 2.28. The first kappa shape index (κ1) is 12.7. The van der Waals surface area contributed by atoms with Crippen LogP contribution in [0.25, 0.3) is 0 Å². The Hall–Kier alpha value is -2.29. The minimum absolute atomic E-state index is 0.266. The van der Waals surface area contributed by atoms with Crippen LogP contribution in [-0.2, 0) is 6.42 Å². The lowest BCUT2D eigenvalue weighted by Crippen LogP contribution is -2.11. The molecule has 0 spiro atoms. The lowest BCUT2D eigenvalue weighted by molar-refractivity contribution is 0.414. The standard InChI is InChI=1S/C17H17NO2/c1-20-15-9-10-16-12(11-15)3-2-4-17(16)18-13-5-7-14(19)8-6-13/h5-11,19H,2-4H2,1H3. The second-order valence-corrected chi connectivity index (χ2v) is 4.95. The van der Waals surface area contributed by atoms with Gasteiger partial charge in [0.2, 0.25) is 0 Å². The van der Waals surface area contributed by atoms with Crippen LogP contribution in [0.1, 0.15) is 24.0 Å². The second kappa shape index (κ2) is 5.37. The van der Waals surface area contributed by atoms with Gasteiger partial charge >= 0.3 is 0 Å². The van der Waals surface area contributed by atoms with Crippen molar-refractivity contribution < 1.29 is 9.84 Å². The number of benzene rings is 2. The first-order valence-corrected chi connectivity index (χ1v) is 6.80. The lowest BCUT2D eigenvalue weighted by atomic mass is 9.90. The monoisotopic (exact) mass is 267 g/mol. The van der Waals surface area contributed by atoms with E-state index < -0.39 is 0 Å². The number of aliphatic imine (C=N–C) groups is 1. The Morgan fingerprint density at radius 1 is 1.05 bits per heavy atom. The molecular formula is C17H17NO2. The quantitative estimate of drug-likeness (QED) is 0.897. The summed E-state index contributed by atoms with van der Waals surface area (Å²) >= 11 is 0. The molecule has 0 aliphatic heterocycles. The molecule has 0 saturated heterocycles. The molecule has 0 atom stereocenters. The average molecular weight is 267 g/mol. The summed E-state index contributed by atoms with van der Waals surface area (Å²) in [6.07, 6.45) is 3.17. The van der Waals surface area contributed by atoms with Crippen molar-refractivity contribution in [1.29, 1.82) is 0 Å². The smallest absolute Gasteiger partial charge is 0.119 e. The molecule has 0 amide bonds. The van der Waals surface area contributed by atoms with Crippen molar-refractivity contribution in [3.8, 4) is 11.5 Å². The SMILES string of the molecule is COc1ccc2c(c1)CCCC2=Nc1ccc(O)cc1. The van der Waals surface area contributed by atoms with Crippen molar-refractivity contribution in [2.45, 2.75) is 19.3 Å². The highest BCUT2D eigenvalue weighted by molar-refractivity contribution is 6.04. The Morgan fingerprint density at radius 2 is 1.85 bits per heavy atom. The first-order valence-electron chi connectivity index (χ1n) is 6.80. The minimum atomic E-state index is 0.266. The van der Waals surface area contributed by atoms with Gasteiger partial charge in [-0.05, 0) is 72.9 Å². The summed E-state index contributed by atoms with van der Waals surface area (Å²) in [5, 5.41) is 9.32. The zero-order valence-electron chi connectivity index (χ0n) is 11.5. The van der Waals surface area contributed by atoms with E-state index in [9.17, 15) is 5.11 Å². The van der Waals surface area contributed by atoms with Crippen LogP contribution in [0.3, 0.4) is 0 Å². The molecule has 1 aliphatic carbocycles. The van der Waals surface area contributed by atoms with Crippen LogP contribution in [-0.4, -0.2) is 17.9 Å². The number of fused-ring (bicyclic) bond motifs is 1. The Labute approximate surface area is 118 Å². The van der Waals surface area contributed by atoms with Crippen LogP contribution in [0.2, 0.25) is 0 Å². The van der Waals surface area contributed by atoms with Crippen molar-refractivity contribution in [1.82, 2.24) is 0 Å². The van der Waals surface area contributed by atoms with Gasteiger partial charge in [-0.25, -0.2) is 0 Å². The van der Waals surface area contributed by atoms with Crippen molar-refractivity contribution in [3.63, 3.8) is 0 Å². The van der Waals surface area contributed by atoms with Gasteiger partial charge < -0.3 is 9.84 Å². The number of hydrogen-bond donors (Lipinski definition) is 1. The molecule has 0 heterocycles. The van der Waals surface area contributed by atoms with Crippen LogP contribution in [0.4, 0.5) is 5.69 Å². The molecule has 0 unspecified atom stereocenters. The molecule has 20 heavy (non-hydrogen) atoms. The molecule has 3 rings (SSSR count). The van der Waals surface area contributed by atoms with Crippen molar-refractivity contribution >= 4 is 11.4 Å². The van der Waals surface area contributed by atoms with Crippen LogP contribution < -0.4 is 4.74 Å². The summed E-state index contributed by atoms with van der Waals surface area (Å²) < 4.78 is 5.28. The average Bonchev–Trinajstić information content (AvgIpc) is 2.49. The van der Waals surface area contributed by atoms with E-state index in [1.807, 2.05) is 18.2 Å². The number of phenolic OH excluding ortho intramolecular Hbond substituents is 1. The third kappa shape index (κ3) is 2.52. The molecule has 0 radical (unpaired) electrons. The van der Waals surface area contributed by atoms with Crippen LogP contribution >= 0.6 is 0 Å². The highest BCUT2D eigenvalue weighted by atomic mass is 16.5. The summed E-state index contributed by atoms with van der Waals surface area (Å²) in [7, 11) is 1.69. The fourth-order valence-electron chi connectivity index (χ4n) is 2.57. The molecular weight excluding hydrogens is 250 g/mol. The molecule has 2 aromatic rings. The Bertz CT molecular complexity index is 645. The van der Waals surface area contributed by atoms with Crippen LogP contribution in [0.5, 0.6) is 11.5 Å². The summed E-state index contributed by atoms with van der Waals surface area (Å²) in [6.45, 7) is 0. The maximum atomic E-state index is 9.32. The van der Waals surface area contributed by atoms with E-state index in [1.165, 1.54) is 11.1 Å². The van der Waals surface area contributed by atoms with Crippen LogP contribution in [0, 0.1) is 0 Å². The van der Waals surface area contributed by atoms with Gasteiger partial charge in [0.05, 0.1) is 12.8 Å².